The molecule has 4 rings (SSSR count). The van der Waals surface area contributed by atoms with Crippen LogP contribution in [0.15, 0.2) is 48.2 Å². The average Bonchev–Trinajstić information content (AvgIpc) is 2.87. The highest BCUT2D eigenvalue weighted by molar-refractivity contribution is 5.80. The van der Waals surface area contributed by atoms with Gasteiger partial charge in [-0.2, -0.15) is 0 Å². The molecule has 3 heterocycles. The molecule has 0 unspecified atom stereocenters. The molecule has 0 saturated carbocycles. The molecule has 2 aromatic heterocycles. The lowest BCUT2D eigenvalue weighted by molar-refractivity contribution is 0.344. The van der Waals surface area contributed by atoms with Crippen LogP contribution >= 0.6 is 0 Å². The number of anilines is 1. The number of allylic oxidation sites excluding steroid dienone is 1. The van der Waals surface area contributed by atoms with Crippen molar-refractivity contribution < 1.29 is 4.84 Å². The zero-order valence-corrected chi connectivity index (χ0v) is 11.0. The van der Waals surface area contributed by atoms with Gasteiger partial charge in [-0.25, -0.2) is 15.0 Å². The molecule has 3 N–H and O–H groups in total. The number of benzene rings is 1. The number of aromatic nitrogens is 4. The van der Waals surface area contributed by atoms with Crippen molar-refractivity contribution in [1.29, 1.82) is 0 Å². The van der Waals surface area contributed by atoms with E-state index in [1.165, 1.54) is 12.7 Å². The van der Waals surface area contributed by atoms with E-state index in [9.17, 15) is 0 Å². The second-order valence-corrected chi connectivity index (χ2v) is 4.10. The highest BCUT2D eigenvalue weighted by atomic mass is 16.6. The number of rotatable bonds is 0. The lowest BCUT2D eigenvalue weighted by atomic mass is 10.2. The third-order valence-electron chi connectivity index (χ3n) is 2.75. The van der Waals surface area contributed by atoms with E-state index in [-0.39, 0.29) is 0 Å². The Bertz CT molecular complexity index is 808. The third kappa shape index (κ3) is 2.86. The van der Waals surface area contributed by atoms with E-state index in [0.29, 0.717) is 17.0 Å². The Balaban J connectivity index is 0.000000126. The van der Waals surface area contributed by atoms with Gasteiger partial charge in [0.25, 0.3) is 0 Å². The maximum atomic E-state index is 5.48. The van der Waals surface area contributed by atoms with Gasteiger partial charge in [0.15, 0.2) is 17.2 Å². The number of hydrogen-bond acceptors (Lipinski definition) is 6. The van der Waals surface area contributed by atoms with Gasteiger partial charge in [0.1, 0.15) is 11.8 Å². The summed E-state index contributed by atoms with van der Waals surface area (Å²) in [4.78, 5) is 19.4. The number of hydrogen-bond donors (Lipinski definition) is 2. The Hall–Kier alpha value is -3.22. The van der Waals surface area contributed by atoms with Gasteiger partial charge in [0.05, 0.1) is 12.5 Å². The van der Waals surface area contributed by atoms with Crippen molar-refractivity contribution in [3.8, 4) is 5.75 Å². The predicted molar refractivity (Wildman–Crippen MR) is 80.7 cm³/mol. The third-order valence-corrected chi connectivity index (χ3v) is 2.75. The molecule has 21 heavy (non-hydrogen) atoms. The summed E-state index contributed by atoms with van der Waals surface area (Å²) in [5.74, 6) is 1.24. The maximum absolute atomic E-state index is 5.48. The molecular formula is C14H12N6O. The number of fused-ring (bicyclic) bond motifs is 2. The van der Waals surface area contributed by atoms with Crippen molar-refractivity contribution in [3.63, 3.8) is 0 Å². The van der Waals surface area contributed by atoms with Crippen LogP contribution in [0.25, 0.3) is 17.2 Å². The first kappa shape index (κ1) is 12.8. The first-order chi connectivity index (χ1) is 10.3. The smallest absolute Gasteiger partial charge is 0.182 e. The van der Waals surface area contributed by atoms with Crippen LogP contribution in [0.5, 0.6) is 5.75 Å². The van der Waals surface area contributed by atoms with E-state index in [4.69, 9.17) is 10.6 Å². The summed E-state index contributed by atoms with van der Waals surface area (Å²) in [5.41, 5.74) is 7.84. The lowest BCUT2D eigenvalue weighted by Crippen LogP contribution is -1.91. The molecule has 7 heteroatoms. The number of para-hydroxylation sites is 1. The Labute approximate surface area is 120 Å². The van der Waals surface area contributed by atoms with Crippen LogP contribution in [0, 0.1) is 0 Å². The van der Waals surface area contributed by atoms with Gasteiger partial charge in [-0.05, 0) is 18.2 Å². The normalized spacial score (nSPS) is 12.0. The standard InChI is InChI=1S/C9H7NO.C5H5N5/c1-2-6-9-8(4-1)5-3-7-10-11-9;6-4-3-5(9-1-7-3)10-2-8-4/h1-7H;1-2H,(H3,6,7,8,9,10). The fourth-order valence-corrected chi connectivity index (χ4v) is 1.75. The molecule has 0 fully saturated rings. The molecule has 0 saturated heterocycles. The van der Waals surface area contributed by atoms with Gasteiger partial charge < -0.3 is 15.6 Å². The number of oxime groups is 1. The van der Waals surface area contributed by atoms with Crippen LogP contribution in [0.3, 0.4) is 0 Å². The number of nitrogens with one attached hydrogen (secondary N) is 1. The van der Waals surface area contributed by atoms with E-state index in [0.717, 1.165) is 11.3 Å². The number of nitrogens with zero attached hydrogens (tertiary/aromatic N) is 4. The van der Waals surface area contributed by atoms with Crippen molar-refractivity contribution in [2.75, 3.05) is 5.73 Å². The second kappa shape index (κ2) is 5.83. The Morgan fingerprint density at radius 1 is 1.10 bits per heavy atom. The van der Waals surface area contributed by atoms with Gasteiger partial charge in [-0.15, -0.1) is 0 Å². The molecule has 1 aliphatic heterocycles. The maximum Gasteiger partial charge on any atom is 0.182 e. The van der Waals surface area contributed by atoms with Crippen molar-refractivity contribution in [2.45, 2.75) is 0 Å². The van der Waals surface area contributed by atoms with Crippen LogP contribution in [-0.2, 0) is 0 Å². The molecule has 1 aliphatic rings. The molecule has 1 aromatic carbocycles. The number of imidazole rings is 1. The Morgan fingerprint density at radius 3 is 2.90 bits per heavy atom. The van der Waals surface area contributed by atoms with Gasteiger partial charge in [-0.3, -0.25) is 0 Å². The van der Waals surface area contributed by atoms with Crippen LogP contribution in [0.1, 0.15) is 5.56 Å². The Kier molecular flexibility index (Phi) is 3.55. The summed E-state index contributed by atoms with van der Waals surface area (Å²) < 4.78 is 0. The van der Waals surface area contributed by atoms with Crippen molar-refractivity contribution in [1.82, 2.24) is 19.9 Å². The van der Waals surface area contributed by atoms with Gasteiger partial charge >= 0.3 is 0 Å². The van der Waals surface area contributed by atoms with Gasteiger partial charge in [-0.1, -0.05) is 23.4 Å². The number of aromatic amines is 1. The minimum Gasteiger partial charge on any atom is -0.382 e. The molecule has 0 spiro atoms. The SMILES string of the molecule is C1=Cc2ccccc2ON=C1.Nc1ncnc2nc[nH]c12. The molecule has 7 nitrogen and oxygen atoms in total. The zero-order valence-electron chi connectivity index (χ0n) is 11.0. The zero-order chi connectivity index (χ0) is 14.5. The number of nitrogen functional groups attached to an aromatic ring is 1. The largest absolute Gasteiger partial charge is 0.382 e. The molecule has 0 bridgehead atoms. The first-order valence-corrected chi connectivity index (χ1v) is 6.20. The second-order valence-electron chi connectivity index (χ2n) is 4.10. The lowest BCUT2D eigenvalue weighted by Gasteiger charge is -1.98. The van der Waals surface area contributed by atoms with Crippen molar-refractivity contribution >= 4 is 29.3 Å². The minimum absolute atomic E-state index is 0.433. The molecular weight excluding hydrogens is 268 g/mol. The van der Waals surface area contributed by atoms with Crippen molar-refractivity contribution in [3.05, 3.63) is 48.6 Å². The quantitative estimate of drug-likeness (QED) is 0.655. The summed E-state index contributed by atoms with van der Waals surface area (Å²) in [6, 6.07) is 7.77. The van der Waals surface area contributed by atoms with Gasteiger partial charge in [0.2, 0.25) is 0 Å². The highest BCUT2D eigenvalue weighted by Crippen LogP contribution is 2.20. The van der Waals surface area contributed by atoms with Crippen molar-refractivity contribution in [2.24, 2.45) is 5.16 Å². The molecule has 0 amide bonds. The summed E-state index contributed by atoms with van der Waals surface area (Å²) in [6.07, 6.45) is 8.37. The van der Waals surface area contributed by atoms with E-state index in [1.807, 2.05) is 36.4 Å². The summed E-state index contributed by atoms with van der Waals surface area (Å²) in [5, 5.41) is 3.70. The Morgan fingerprint density at radius 2 is 2.00 bits per heavy atom. The predicted octanol–water partition coefficient (Wildman–Crippen LogP) is 2.01. The summed E-state index contributed by atoms with van der Waals surface area (Å²) in [7, 11) is 0. The highest BCUT2D eigenvalue weighted by Gasteiger charge is 2.00. The van der Waals surface area contributed by atoms with Crippen LogP contribution in [-0.4, -0.2) is 26.2 Å². The fourth-order valence-electron chi connectivity index (χ4n) is 1.75. The summed E-state index contributed by atoms with van der Waals surface area (Å²) >= 11 is 0. The minimum atomic E-state index is 0.433. The first-order valence-electron chi connectivity index (χ1n) is 6.20. The summed E-state index contributed by atoms with van der Waals surface area (Å²) in [6.45, 7) is 0. The molecule has 3 aromatic rings. The monoisotopic (exact) mass is 280 g/mol. The van der Waals surface area contributed by atoms with E-state index < -0.39 is 0 Å². The van der Waals surface area contributed by atoms with Crippen LogP contribution < -0.4 is 10.6 Å². The topological polar surface area (TPSA) is 102 Å². The molecule has 0 atom stereocenters. The molecule has 104 valence electrons. The average molecular weight is 280 g/mol. The molecule has 0 aliphatic carbocycles. The van der Waals surface area contributed by atoms with Gasteiger partial charge in [0, 0.05) is 5.56 Å². The van der Waals surface area contributed by atoms with E-state index in [1.54, 1.807) is 6.21 Å². The van der Waals surface area contributed by atoms with Crippen LogP contribution in [0.2, 0.25) is 0 Å². The van der Waals surface area contributed by atoms with Crippen LogP contribution in [0.4, 0.5) is 5.82 Å². The number of H-pyrrole nitrogens is 1. The van der Waals surface area contributed by atoms with E-state index in [2.05, 4.69) is 25.1 Å². The molecule has 0 radical (unpaired) electrons. The van der Waals surface area contributed by atoms with E-state index >= 15 is 0 Å². The number of nitrogens with two attached hydrogens (primary N) is 1. The fraction of sp³-hybridized carbons (Fsp3) is 0.